The molecule has 0 bridgehead atoms. The molecule has 0 aliphatic rings. The van der Waals surface area contributed by atoms with E-state index in [2.05, 4.69) is 4.99 Å². The van der Waals surface area contributed by atoms with Crippen LogP contribution in [0, 0.1) is 24.0 Å². The third-order valence-corrected chi connectivity index (χ3v) is 5.53. The van der Waals surface area contributed by atoms with Gasteiger partial charge in [0, 0.05) is 30.8 Å². The highest BCUT2D eigenvalue weighted by molar-refractivity contribution is 7.16. The normalized spacial score (nSPS) is 11.9. The smallest absolute Gasteiger partial charge is 0.279 e. The third kappa shape index (κ3) is 4.18. The maximum Gasteiger partial charge on any atom is 0.279 e. The van der Waals surface area contributed by atoms with Crippen LogP contribution >= 0.6 is 11.3 Å². The highest BCUT2D eigenvalue weighted by Crippen LogP contribution is 2.23. The van der Waals surface area contributed by atoms with Crippen LogP contribution in [-0.4, -0.2) is 28.6 Å². The molecule has 0 atom stereocenters. The van der Waals surface area contributed by atoms with Gasteiger partial charge in [-0.1, -0.05) is 17.4 Å². The summed E-state index contributed by atoms with van der Waals surface area (Å²) in [5.41, 5.74) is 3.46. The van der Waals surface area contributed by atoms with Crippen LogP contribution in [0.1, 0.15) is 28.4 Å². The van der Waals surface area contributed by atoms with Gasteiger partial charge in [0.1, 0.15) is 0 Å². The Balaban J connectivity index is 2.09. The van der Waals surface area contributed by atoms with Gasteiger partial charge in [-0.15, -0.1) is 0 Å². The van der Waals surface area contributed by atoms with Gasteiger partial charge in [0.15, 0.2) is 4.80 Å². The van der Waals surface area contributed by atoms with Crippen molar-refractivity contribution in [3.05, 3.63) is 68.0 Å². The minimum absolute atomic E-state index is 0.0118. The number of thiazole rings is 1. The van der Waals surface area contributed by atoms with E-state index in [-0.39, 0.29) is 11.6 Å². The molecule has 1 aromatic heterocycles. The fourth-order valence-electron chi connectivity index (χ4n) is 2.80. The van der Waals surface area contributed by atoms with E-state index in [1.807, 2.05) is 37.5 Å². The summed E-state index contributed by atoms with van der Waals surface area (Å²) in [4.78, 5) is 28.2. The van der Waals surface area contributed by atoms with Gasteiger partial charge in [0.25, 0.3) is 11.6 Å². The number of amides is 1. The second kappa shape index (κ2) is 8.45. The molecule has 1 heterocycles. The summed E-state index contributed by atoms with van der Waals surface area (Å²) in [7, 11) is 0. The van der Waals surface area contributed by atoms with E-state index in [0.717, 1.165) is 16.6 Å². The van der Waals surface area contributed by atoms with Crippen molar-refractivity contribution in [3.8, 4) is 0 Å². The summed E-state index contributed by atoms with van der Waals surface area (Å²) < 4.78 is 8.02. The minimum Gasteiger partial charge on any atom is -0.380 e. The summed E-state index contributed by atoms with van der Waals surface area (Å²) >= 11 is 1.26. The van der Waals surface area contributed by atoms with E-state index in [1.165, 1.54) is 23.5 Å². The Morgan fingerprint density at radius 3 is 2.68 bits per heavy atom. The van der Waals surface area contributed by atoms with Crippen molar-refractivity contribution in [1.29, 1.82) is 0 Å². The van der Waals surface area contributed by atoms with Crippen molar-refractivity contribution in [3.63, 3.8) is 0 Å². The molecule has 0 fully saturated rings. The highest BCUT2D eigenvalue weighted by atomic mass is 32.1. The Bertz CT molecular complexity index is 1110. The summed E-state index contributed by atoms with van der Waals surface area (Å²) in [5.74, 6) is -0.339. The lowest BCUT2D eigenvalue weighted by molar-refractivity contribution is -0.384. The number of nitro groups is 1. The topological polar surface area (TPSA) is 86.7 Å². The van der Waals surface area contributed by atoms with Crippen molar-refractivity contribution in [2.24, 2.45) is 4.99 Å². The fourth-order valence-corrected chi connectivity index (χ4v) is 3.89. The molecule has 7 nitrogen and oxygen atoms in total. The number of rotatable bonds is 6. The zero-order valence-electron chi connectivity index (χ0n) is 16.0. The van der Waals surface area contributed by atoms with Crippen LogP contribution in [0.25, 0.3) is 10.2 Å². The standard InChI is InChI=1S/C20H21N3O4S/c1-4-27-10-9-22-17-8-7-16(23(25)26)12-18(17)28-20(22)21-19(24)15-6-5-13(2)14(3)11-15/h5-8,11-12H,4,9-10H2,1-3H3. The van der Waals surface area contributed by atoms with Crippen molar-refractivity contribution in [2.75, 3.05) is 13.2 Å². The van der Waals surface area contributed by atoms with Gasteiger partial charge in [0.2, 0.25) is 0 Å². The van der Waals surface area contributed by atoms with Gasteiger partial charge >= 0.3 is 0 Å². The second-order valence-electron chi connectivity index (χ2n) is 6.36. The van der Waals surface area contributed by atoms with Crippen molar-refractivity contribution in [2.45, 2.75) is 27.3 Å². The number of aryl methyl sites for hydroxylation is 2. The molecule has 3 aromatic rings. The molecular formula is C20H21N3O4S. The molecule has 146 valence electrons. The number of hydrogen-bond acceptors (Lipinski definition) is 5. The van der Waals surface area contributed by atoms with Crippen LogP contribution in [0.15, 0.2) is 41.4 Å². The SMILES string of the molecule is CCOCCn1c(=NC(=O)c2ccc(C)c(C)c2)sc2cc([N+](=O)[O-])ccc21. The highest BCUT2D eigenvalue weighted by Gasteiger charge is 2.13. The molecule has 0 unspecified atom stereocenters. The van der Waals surface area contributed by atoms with Crippen LogP contribution in [0.5, 0.6) is 0 Å². The first-order valence-corrected chi connectivity index (χ1v) is 9.74. The molecular weight excluding hydrogens is 378 g/mol. The first-order valence-electron chi connectivity index (χ1n) is 8.92. The summed E-state index contributed by atoms with van der Waals surface area (Å²) in [5, 5.41) is 11.1. The average molecular weight is 399 g/mol. The molecule has 8 heteroatoms. The van der Waals surface area contributed by atoms with Crippen molar-refractivity contribution in [1.82, 2.24) is 4.57 Å². The molecule has 0 radical (unpaired) electrons. The Kier molecular flexibility index (Phi) is 6.01. The number of hydrogen-bond donors (Lipinski definition) is 0. The lowest BCUT2D eigenvalue weighted by atomic mass is 10.1. The number of non-ortho nitro benzene ring substituents is 1. The quantitative estimate of drug-likeness (QED) is 0.356. The number of nitro benzene ring substituents is 1. The Morgan fingerprint density at radius 2 is 2.00 bits per heavy atom. The second-order valence-corrected chi connectivity index (χ2v) is 7.37. The van der Waals surface area contributed by atoms with E-state index in [4.69, 9.17) is 4.74 Å². The molecule has 0 aliphatic carbocycles. The molecule has 0 aliphatic heterocycles. The molecule has 2 aromatic carbocycles. The van der Waals surface area contributed by atoms with Gasteiger partial charge in [0.05, 0.1) is 21.7 Å². The number of ether oxygens (including phenoxy) is 1. The van der Waals surface area contributed by atoms with E-state index < -0.39 is 4.92 Å². The number of aromatic nitrogens is 1. The summed E-state index contributed by atoms with van der Waals surface area (Å²) in [6.07, 6.45) is 0. The maximum absolute atomic E-state index is 12.7. The largest absolute Gasteiger partial charge is 0.380 e. The zero-order chi connectivity index (χ0) is 20.3. The summed E-state index contributed by atoms with van der Waals surface area (Å²) in [6.45, 7) is 7.40. The monoisotopic (exact) mass is 399 g/mol. The predicted octanol–water partition coefficient (Wildman–Crippen LogP) is 4.01. The van der Waals surface area contributed by atoms with Crippen LogP contribution in [0.2, 0.25) is 0 Å². The molecule has 0 saturated heterocycles. The van der Waals surface area contributed by atoms with Crippen molar-refractivity contribution < 1.29 is 14.5 Å². The van der Waals surface area contributed by atoms with E-state index in [0.29, 0.717) is 34.8 Å². The lowest BCUT2D eigenvalue weighted by Gasteiger charge is -2.05. The first kappa shape index (κ1) is 19.9. The van der Waals surface area contributed by atoms with E-state index in [9.17, 15) is 14.9 Å². The van der Waals surface area contributed by atoms with Gasteiger partial charge in [-0.3, -0.25) is 14.9 Å². The molecule has 1 amide bonds. The van der Waals surface area contributed by atoms with Gasteiger partial charge in [-0.25, -0.2) is 0 Å². The van der Waals surface area contributed by atoms with Crippen molar-refractivity contribution >= 4 is 33.1 Å². The molecule has 0 spiro atoms. The zero-order valence-corrected chi connectivity index (χ0v) is 16.8. The fraction of sp³-hybridized carbons (Fsp3) is 0.300. The van der Waals surface area contributed by atoms with E-state index >= 15 is 0 Å². The third-order valence-electron chi connectivity index (χ3n) is 4.49. The first-order chi connectivity index (χ1) is 13.4. The van der Waals surface area contributed by atoms with Crippen LogP contribution in [0.4, 0.5) is 5.69 Å². The number of benzene rings is 2. The molecule has 28 heavy (non-hydrogen) atoms. The lowest BCUT2D eigenvalue weighted by Crippen LogP contribution is -2.19. The molecule has 0 N–H and O–H groups in total. The maximum atomic E-state index is 12.7. The van der Waals surface area contributed by atoms with Crippen LogP contribution < -0.4 is 4.80 Å². The average Bonchev–Trinajstić information content (AvgIpc) is 3.00. The Labute approximate surface area is 166 Å². The van der Waals surface area contributed by atoms with Crippen LogP contribution in [0.3, 0.4) is 0 Å². The van der Waals surface area contributed by atoms with Gasteiger partial charge < -0.3 is 9.30 Å². The van der Waals surface area contributed by atoms with E-state index in [1.54, 1.807) is 12.1 Å². The number of nitrogens with zero attached hydrogens (tertiary/aromatic N) is 3. The molecule has 3 rings (SSSR count). The summed E-state index contributed by atoms with van der Waals surface area (Å²) in [6, 6.07) is 10.1. The van der Waals surface area contributed by atoms with Crippen LogP contribution in [-0.2, 0) is 11.3 Å². The number of carbonyl (C=O) groups excluding carboxylic acids is 1. The number of fused-ring (bicyclic) bond motifs is 1. The van der Waals surface area contributed by atoms with Gasteiger partial charge in [-0.05, 0) is 50.1 Å². The number of carbonyl (C=O) groups is 1. The predicted molar refractivity (Wildman–Crippen MR) is 109 cm³/mol. The molecule has 0 saturated carbocycles. The minimum atomic E-state index is -0.430. The Morgan fingerprint density at radius 1 is 1.21 bits per heavy atom. The van der Waals surface area contributed by atoms with Gasteiger partial charge in [-0.2, -0.15) is 4.99 Å². The Hall–Kier alpha value is -2.84.